The van der Waals surface area contributed by atoms with Crippen molar-refractivity contribution in [2.75, 3.05) is 0 Å². The van der Waals surface area contributed by atoms with Crippen LogP contribution in [0.25, 0.3) is 0 Å². The average molecular weight is 253 g/mol. The van der Waals surface area contributed by atoms with E-state index >= 15 is 0 Å². The van der Waals surface area contributed by atoms with Gasteiger partial charge in [0, 0.05) is 21.8 Å². The molecule has 0 saturated heterocycles. The van der Waals surface area contributed by atoms with E-state index in [-0.39, 0.29) is 0 Å². The molecule has 3 unspecified atom stereocenters. The Kier molecular flexibility index (Phi) is 6.21. The molecule has 98 valence electrons. The monoisotopic (exact) mass is 253 g/mol. The van der Waals surface area contributed by atoms with Crippen LogP contribution in [0, 0.1) is 5.92 Å². The lowest BCUT2D eigenvalue weighted by atomic mass is 10.00. The van der Waals surface area contributed by atoms with Gasteiger partial charge in [0.05, 0.1) is 0 Å². The van der Waals surface area contributed by atoms with Gasteiger partial charge < -0.3 is 5.32 Å². The van der Waals surface area contributed by atoms with Crippen LogP contribution in [-0.4, -0.2) is 6.04 Å². The van der Waals surface area contributed by atoms with Gasteiger partial charge in [-0.3, -0.25) is 0 Å². The lowest BCUT2D eigenvalue weighted by molar-refractivity contribution is 0.387. The summed E-state index contributed by atoms with van der Waals surface area (Å²) in [6, 6.07) is 5.63. The van der Waals surface area contributed by atoms with Gasteiger partial charge in [0.25, 0.3) is 0 Å². The van der Waals surface area contributed by atoms with Gasteiger partial charge in [0.15, 0.2) is 0 Å². The predicted octanol–water partition coefficient (Wildman–Crippen LogP) is 4.79. The largest absolute Gasteiger partial charge is 0.307 e. The zero-order chi connectivity index (χ0) is 12.8. The fraction of sp³-hybridized carbons (Fsp3) is 0.733. The molecule has 0 aliphatic carbocycles. The summed E-state index contributed by atoms with van der Waals surface area (Å²) in [5.74, 6) is 0.819. The second-order valence-corrected chi connectivity index (χ2v) is 6.40. The zero-order valence-electron chi connectivity index (χ0n) is 11.9. The molecule has 17 heavy (non-hydrogen) atoms. The van der Waals surface area contributed by atoms with E-state index in [1.54, 1.807) is 0 Å². The number of hydrogen-bond donors (Lipinski definition) is 1. The molecule has 0 spiro atoms. The third-order valence-corrected chi connectivity index (χ3v) is 4.86. The van der Waals surface area contributed by atoms with Gasteiger partial charge in [0.2, 0.25) is 0 Å². The Bertz CT molecular complexity index is 318. The number of aryl methyl sites for hydroxylation is 1. The smallest absolute Gasteiger partial charge is 0.0388 e. The standard InChI is InChI=1S/C15H27NS/c1-6-11(3)10-12(4)16-13(5)15-9-8-14(7-2)17-15/h8-9,11-13,16H,6-7,10H2,1-5H3. The molecule has 1 aromatic heterocycles. The fourth-order valence-electron chi connectivity index (χ4n) is 2.16. The average Bonchev–Trinajstić information content (AvgIpc) is 2.77. The first kappa shape index (κ1) is 14.7. The van der Waals surface area contributed by atoms with E-state index in [0.717, 1.165) is 12.3 Å². The molecule has 3 atom stereocenters. The van der Waals surface area contributed by atoms with Crippen molar-refractivity contribution in [2.45, 2.75) is 66.0 Å². The van der Waals surface area contributed by atoms with E-state index < -0.39 is 0 Å². The zero-order valence-corrected chi connectivity index (χ0v) is 12.7. The Morgan fingerprint density at radius 2 is 1.88 bits per heavy atom. The maximum absolute atomic E-state index is 3.71. The summed E-state index contributed by atoms with van der Waals surface area (Å²) >= 11 is 1.95. The fourth-order valence-corrected chi connectivity index (χ4v) is 3.13. The highest BCUT2D eigenvalue weighted by molar-refractivity contribution is 7.12. The van der Waals surface area contributed by atoms with Crippen LogP contribution in [0.15, 0.2) is 12.1 Å². The summed E-state index contributed by atoms with van der Waals surface area (Å²) < 4.78 is 0. The minimum Gasteiger partial charge on any atom is -0.307 e. The Morgan fingerprint density at radius 1 is 1.18 bits per heavy atom. The first-order chi connectivity index (χ1) is 8.06. The van der Waals surface area contributed by atoms with Crippen LogP contribution >= 0.6 is 11.3 Å². The quantitative estimate of drug-likeness (QED) is 0.737. The Morgan fingerprint density at radius 3 is 2.41 bits per heavy atom. The van der Waals surface area contributed by atoms with Crippen molar-refractivity contribution in [3.63, 3.8) is 0 Å². The van der Waals surface area contributed by atoms with Gasteiger partial charge >= 0.3 is 0 Å². The summed E-state index contributed by atoms with van der Waals surface area (Å²) in [5.41, 5.74) is 0. The van der Waals surface area contributed by atoms with Crippen LogP contribution in [0.1, 0.15) is 63.3 Å². The Balaban J connectivity index is 2.45. The Hall–Kier alpha value is -0.340. The molecule has 1 nitrogen and oxygen atoms in total. The minimum atomic E-state index is 0.486. The van der Waals surface area contributed by atoms with Gasteiger partial charge in [-0.25, -0.2) is 0 Å². The van der Waals surface area contributed by atoms with Gasteiger partial charge in [-0.15, -0.1) is 11.3 Å². The maximum Gasteiger partial charge on any atom is 0.0388 e. The van der Waals surface area contributed by atoms with Crippen LogP contribution < -0.4 is 5.32 Å². The maximum atomic E-state index is 3.71. The van der Waals surface area contributed by atoms with Gasteiger partial charge in [0.1, 0.15) is 0 Å². The molecule has 1 heterocycles. The van der Waals surface area contributed by atoms with Crippen LogP contribution in [-0.2, 0) is 6.42 Å². The number of nitrogens with one attached hydrogen (secondary N) is 1. The van der Waals surface area contributed by atoms with Crippen molar-refractivity contribution in [1.29, 1.82) is 0 Å². The number of thiophene rings is 1. The van der Waals surface area contributed by atoms with E-state index in [9.17, 15) is 0 Å². The van der Waals surface area contributed by atoms with Crippen molar-refractivity contribution in [3.8, 4) is 0 Å². The number of rotatable bonds is 7. The predicted molar refractivity (Wildman–Crippen MR) is 78.8 cm³/mol. The molecule has 1 N–H and O–H groups in total. The molecule has 0 radical (unpaired) electrons. The summed E-state index contributed by atoms with van der Waals surface area (Å²) in [6.07, 6.45) is 3.70. The molecule has 0 aromatic carbocycles. The Labute approximate surface area is 111 Å². The lowest BCUT2D eigenvalue weighted by Gasteiger charge is -2.21. The summed E-state index contributed by atoms with van der Waals surface area (Å²) in [4.78, 5) is 2.96. The second-order valence-electron chi connectivity index (χ2n) is 5.20. The van der Waals surface area contributed by atoms with E-state index in [4.69, 9.17) is 0 Å². The van der Waals surface area contributed by atoms with Crippen molar-refractivity contribution < 1.29 is 0 Å². The van der Waals surface area contributed by atoms with E-state index in [0.29, 0.717) is 12.1 Å². The van der Waals surface area contributed by atoms with Crippen molar-refractivity contribution in [1.82, 2.24) is 5.32 Å². The van der Waals surface area contributed by atoms with E-state index in [2.05, 4.69) is 52.1 Å². The summed E-state index contributed by atoms with van der Waals surface area (Å²) in [7, 11) is 0. The minimum absolute atomic E-state index is 0.486. The third kappa shape index (κ3) is 4.81. The normalized spacial score (nSPS) is 16.8. The highest BCUT2D eigenvalue weighted by atomic mass is 32.1. The molecule has 1 aromatic rings. The lowest BCUT2D eigenvalue weighted by Crippen LogP contribution is -2.29. The van der Waals surface area contributed by atoms with Crippen molar-refractivity contribution in [2.24, 2.45) is 5.92 Å². The van der Waals surface area contributed by atoms with Crippen LogP contribution in [0.2, 0.25) is 0 Å². The highest BCUT2D eigenvalue weighted by Crippen LogP contribution is 2.24. The molecule has 0 aliphatic heterocycles. The summed E-state index contributed by atoms with van der Waals surface area (Å²) in [6.45, 7) is 11.4. The first-order valence-corrected chi connectivity index (χ1v) is 7.73. The highest BCUT2D eigenvalue weighted by Gasteiger charge is 2.13. The molecular formula is C15H27NS. The second kappa shape index (κ2) is 7.17. The third-order valence-electron chi connectivity index (χ3n) is 3.45. The summed E-state index contributed by atoms with van der Waals surface area (Å²) in [5, 5.41) is 3.71. The van der Waals surface area contributed by atoms with Crippen LogP contribution in [0.4, 0.5) is 0 Å². The van der Waals surface area contributed by atoms with Gasteiger partial charge in [-0.05, 0) is 44.7 Å². The number of hydrogen-bond acceptors (Lipinski definition) is 2. The molecular weight excluding hydrogens is 226 g/mol. The molecule has 2 heteroatoms. The van der Waals surface area contributed by atoms with E-state index in [1.165, 1.54) is 22.6 Å². The topological polar surface area (TPSA) is 12.0 Å². The van der Waals surface area contributed by atoms with Gasteiger partial charge in [-0.1, -0.05) is 27.2 Å². The van der Waals surface area contributed by atoms with Crippen LogP contribution in [0.3, 0.4) is 0 Å². The SMILES string of the molecule is CCc1ccc(C(C)NC(C)CC(C)CC)s1. The molecule has 0 fully saturated rings. The molecule has 0 aliphatic rings. The van der Waals surface area contributed by atoms with Crippen molar-refractivity contribution in [3.05, 3.63) is 21.9 Å². The molecule has 0 saturated carbocycles. The molecule has 0 amide bonds. The van der Waals surface area contributed by atoms with Gasteiger partial charge in [-0.2, -0.15) is 0 Å². The van der Waals surface area contributed by atoms with Crippen molar-refractivity contribution >= 4 is 11.3 Å². The molecule has 0 bridgehead atoms. The van der Waals surface area contributed by atoms with E-state index in [1.807, 2.05) is 11.3 Å². The van der Waals surface area contributed by atoms with Crippen LogP contribution in [0.5, 0.6) is 0 Å². The molecule has 1 rings (SSSR count). The first-order valence-electron chi connectivity index (χ1n) is 6.91.